The van der Waals surface area contributed by atoms with Gasteiger partial charge in [-0.25, -0.2) is 0 Å². The molecule has 0 unspecified atom stereocenters. The summed E-state index contributed by atoms with van der Waals surface area (Å²) in [6, 6.07) is 0. The zero-order chi connectivity index (χ0) is 15.9. The topological polar surface area (TPSA) is 93.3 Å². The maximum absolute atomic E-state index is 11.2. The predicted octanol–water partition coefficient (Wildman–Crippen LogP) is 3.58. The van der Waals surface area contributed by atoms with Crippen molar-refractivity contribution in [2.75, 3.05) is 0 Å². The highest BCUT2D eigenvalue weighted by Gasteiger charge is 2.23. The van der Waals surface area contributed by atoms with Crippen LogP contribution in [-0.4, -0.2) is 27.0 Å². The van der Waals surface area contributed by atoms with E-state index in [1.165, 1.54) is 39.0 Å². The van der Waals surface area contributed by atoms with Crippen LogP contribution in [0.3, 0.4) is 0 Å². The van der Waals surface area contributed by atoms with Crippen molar-refractivity contribution in [2.24, 2.45) is 5.92 Å². The number of nitrogens with zero attached hydrogens (tertiary/aromatic N) is 2. The first-order valence-electron chi connectivity index (χ1n) is 8.12. The first-order chi connectivity index (χ1) is 10.6. The SMILES string of the molecule is CC(=O)c1noc([C@H](CCCC2CCCCC2)CC(=O)O)n1. The second kappa shape index (κ2) is 8.06. The Kier molecular flexibility index (Phi) is 6.10. The molecule has 22 heavy (non-hydrogen) atoms. The van der Waals surface area contributed by atoms with E-state index in [2.05, 4.69) is 10.1 Å². The fourth-order valence-electron chi connectivity index (χ4n) is 3.20. The highest BCUT2D eigenvalue weighted by Crippen LogP contribution is 2.31. The molecule has 1 saturated carbocycles. The smallest absolute Gasteiger partial charge is 0.304 e. The molecule has 122 valence electrons. The number of carboxylic acid groups (broad SMARTS) is 1. The quantitative estimate of drug-likeness (QED) is 0.738. The van der Waals surface area contributed by atoms with Crippen molar-refractivity contribution < 1.29 is 19.2 Å². The third kappa shape index (κ3) is 4.93. The number of carbonyl (C=O) groups excluding carboxylic acids is 1. The van der Waals surface area contributed by atoms with Crippen LogP contribution in [0.4, 0.5) is 0 Å². The second-order valence-corrected chi connectivity index (χ2v) is 6.24. The monoisotopic (exact) mass is 308 g/mol. The van der Waals surface area contributed by atoms with Gasteiger partial charge in [0, 0.05) is 12.8 Å². The summed E-state index contributed by atoms with van der Waals surface area (Å²) in [6.07, 6.45) is 9.31. The van der Waals surface area contributed by atoms with E-state index in [1.54, 1.807) is 0 Å². The maximum Gasteiger partial charge on any atom is 0.304 e. The molecule has 1 heterocycles. The summed E-state index contributed by atoms with van der Waals surface area (Å²) in [6.45, 7) is 1.36. The molecule has 1 aliphatic carbocycles. The van der Waals surface area contributed by atoms with Gasteiger partial charge in [-0.15, -0.1) is 0 Å². The van der Waals surface area contributed by atoms with Gasteiger partial charge in [-0.3, -0.25) is 9.59 Å². The Balaban J connectivity index is 1.90. The lowest BCUT2D eigenvalue weighted by molar-refractivity contribution is -0.137. The highest BCUT2D eigenvalue weighted by molar-refractivity contribution is 5.89. The van der Waals surface area contributed by atoms with E-state index in [0.717, 1.165) is 18.8 Å². The second-order valence-electron chi connectivity index (χ2n) is 6.24. The van der Waals surface area contributed by atoms with Gasteiger partial charge in [-0.05, 0) is 12.3 Å². The van der Waals surface area contributed by atoms with Crippen molar-refractivity contribution in [3.8, 4) is 0 Å². The predicted molar refractivity (Wildman–Crippen MR) is 79.7 cm³/mol. The number of aliphatic carboxylic acids is 1. The molecule has 0 aromatic carbocycles. The Morgan fingerprint density at radius 2 is 2.05 bits per heavy atom. The minimum Gasteiger partial charge on any atom is -0.481 e. The summed E-state index contributed by atoms with van der Waals surface area (Å²) < 4.78 is 5.09. The number of hydrogen-bond donors (Lipinski definition) is 1. The van der Waals surface area contributed by atoms with Crippen LogP contribution < -0.4 is 0 Å². The number of Topliss-reactive ketones (excluding diaryl/α,β-unsaturated/α-hetero) is 1. The molecule has 0 radical (unpaired) electrons. The van der Waals surface area contributed by atoms with Crippen LogP contribution in [0.5, 0.6) is 0 Å². The van der Waals surface area contributed by atoms with E-state index in [0.29, 0.717) is 6.42 Å². The van der Waals surface area contributed by atoms with Crippen molar-refractivity contribution in [2.45, 2.75) is 70.6 Å². The number of rotatable bonds is 8. The molecule has 1 atom stereocenters. The van der Waals surface area contributed by atoms with Crippen LogP contribution in [0.15, 0.2) is 4.52 Å². The van der Waals surface area contributed by atoms with Crippen molar-refractivity contribution in [3.05, 3.63) is 11.7 Å². The molecule has 1 fully saturated rings. The average Bonchev–Trinajstić information content (AvgIpc) is 2.97. The normalized spacial score (nSPS) is 17.3. The number of aromatic nitrogens is 2. The van der Waals surface area contributed by atoms with Crippen LogP contribution >= 0.6 is 0 Å². The van der Waals surface area contributed by atoms with Crippen LogP contribution in [0, 0.1) is 5.92 Å². The molecule has 1 aliphatic rings. The molecule has 6 nitrogen and oxygen atoms in total. The third-order valence-electron chi connectivity index (χ3n) is 4.42. The number of carbonyl (C=O) groups is 2. The van der Waals surface area contributed by atoms with Gasteiger partial charge < -0.3 is 9.63 Å². The lowest BCUT2D eigenvalue weighted by atomic mass is 9.84. The van der Waals surface area contributed by atoms with Gasteiger partial charge in [0.05, 0.1) is 6.42 Å². The summed E-state index contributed by atoms with van der Waals surface area (Å²) >= 11 is 0. The summed E-state index contributed by atoms with van der Waals surface area (Å²) in [5.74, 6) is -0.387. The van der Waals surface area contributed by atoms with Crippen LogP contribution in [0.1, 0.15) is 87.1 Å². The number of carboxylic acids is 1. The first-order valence-corrected chi connectivity index (χ1v) is 8.12. The maximum atomic E-state index is 11.2. The Morgan fingerprint density at radius 1 is 1.32 bits per heavy atom. The van der Waals surface area contributed by atoms with E-state index >= 15 is 0 Å². The van der Waals surface area contributed by atoms with E-state index in [1.807, 2.05) is 0 Å². The molecule has 0 amide bonds. The molecule has 0 bridgehead atoms. The van der Waals surface area contributed by atoms with Crippen molar-refractivity contribution in [1.29, 1.82) is 0 Å². The Labute approximate surface area is 130 Å². The third-order valence-corrected chi connectivity index (χ3v) is 4.42. The van der Waals surface area contributed by atoms with Gasteiger partial charge in [0.2, 0.25) is 17.5 Å². The fraction of sp³-hybridized carbons (Fsp3) is 0.750. The van der Waals surface area contributed by atoms with Gasteiger partial charge in [0.1, 0.15) is 0 Å². The molecule has 0 spiro atoms. The largest absolute Gasteiger partial charge is 0.481 e. The number of ketones is 1. The van der Waals surface area contributed by atoms with Gasteiger partial charge in [0.15, 0.2) is 0 Å². The molecule has 1 N–H and O–H groups in total. The summed E-state index contributed by atoms with van der Waals surface area (Å²) in [4.78, 5) is 26.3. The molecule has 1 aromatic heterocycles. The molecule has 2 rings (SSSR count). The zero-order valence-corrected chi connectivity index (χ0v) is 13.1. The summed E-state index contributed by atoms with van der Waals surface area (Å²) in [5, 5.41) is 12.7. The first kappa shape index (κ1) is 16.6. The lowest BCUT2D eigenvalue weighted by Crippen LogP contribution is -2.10. The Hall–Kier alpha value is -1.72. The van der Waals surface area contributed by atoms with Gasteiger partial charge in [-0.1, -0.05) is 50.1 Å². The van der Waals surface area contributed by atoms with Crippen LogP contribution in [-0.2, 0) is 4.79 Å². The van der Waals surface area contributed by atoms with Crippen LogP contribution in [0.25, 0.3) is 0 Å². The van der Waals surface area contributed by atoms with Gasteiger partial charge >= 0.3 is 5.97 Å². The Bertz CT molecular complexity index is 506. The van der Waals surface area contributed by atoms with Crippen molar-refractivity contribution in [1.82, 2.24) is 10.1 Å². The molecule has 0 aliphatic heterocycles. The minimum absolute atomic E-state index is 0.0256. The molecular formula is C16H24N2O4. The van der Waals surface area contributed by atoms with E-state index < -0.39 is 5.97 Å². The standard InChI is InChI=1S/C16H24N2O4/c1-11(19)15-17-16(22-18-15)13(10-14(20)21)9-5-8-12-6-3-2-4-7-12/h12-13H,2-10H2,1H3,(H,20,21)/t13-/m1/s1. The summed E-state index contributed by atoms with van der Waals surface area (Å²) in [5.41, 5.74) is 0. The zero-order valence-electron chi connectivity index (χ0n) is 13.1. The van der Waals surface area contributed by atoms with Crippen molar-refractivity contribution >= 4 is 11.8 Å². The molecule has 1 aromatic rings. The molecule has 0 saturated heterocycles. The number of hydrogen-bond acceptors (Lipinski definition) is 5. The highest BCUT2D eigenvalue weighted by atomic mass is 16.5. The minimum atomic E-state index is -0.884. The van der Waals surface area contributed by atoms with Gasteiger partial charge in [-0.2, -0.15) is 4.98 Å². The van der Waals surface area contributed by atoms with Crippen LogP contribution in [0.2, 0.25) is 0 Å². The average molecular weight is 308 g/mol. The fourth-order valence-corrected chi connectivity index (χ4v) is 3.20. The molecule has 6 heteroatoms. The van der Waals surface area contributed by atoms with Crippen molar-refractivity contribution in [3.63, 3.8) is 0 Å². The van der Waals surface area contributed by atoms with Gasteiger partial charge in [0.25, 0.3) is 0 Å². The lowest BCUT2D eigenvalue weighted by Gasteiger charge is -2.21. The van der Waals surface area contributed by atoms with E-state index in [4.69, 9.17) is 9.63 Å². The summed E-state index contributed by atoms with van der Waals surface area (Å²) in [7, 11) is 0. The van der Waals surface area contributed by atoms with E-state index in [-0.39, 0.29) is 29.8 Å². The Morgan fingerprint density at radius 3 is 2.64 bits per heavy atom. The van der Waals surface area contributed by atoms with E-state index in [9.17, 15) is 9.59 Å². The molecular weight excluding hydrogens is 284 g/mol.